The molecule has 1 aromatic carbocycles. The molecule has 0 aliphatic carbocycles. The van der Waals surface area contributed by atoms with E-state index in [-0.39, 0.29) is 24.7 Å². The summed E-state index contributed by atoms with van der Waals surface area (Å²) in [7, 11) is 0. The van der Waals surface area contributed by atoms with Crippen LogP contribution in [0, 0.1) is 0 Å². The van der Waals surface area contributed by atoms with E-state index >= 15 is 0 Å². The van der Waals surface area contributed by atoms with Crippen molar-refractivity contribution >= 4 is 5.97 Å². The largest absolute Gasteiger partial charge is 0.488 e. The second-order valence-corrected chi connectivity index (χ2v) is 6.11. The first-order valence-electron chi connectivity index (χ1n) is 8.58. The van der Waals surface area contributed by atoms with Crippen LogP contribution in [0.5, 0.6) is 11.6 Å². The number of fused-ring (bicyclic) bond motifs is 1. The molecule has 0 unspecified atom stereocenters. The molecule has 2 aromatic rings. The molecule has 150 valence electrons. The standard InChI is InChI=1S/C19H18F3NO5/c1-2-26-14(8-17(24)25)11-6-7-16(23-9-11)28-15-10-27-18-12(15)4-3-5-13(18)19(20,21)22/h3-7,9,14-15H,2,8,10H2,1H3,(H,24,25)/t14-,15+/m0/s1. The number of nitrogens with zero attached hydrogens (tertiary/aromatic N) is 1. The summed E-state index contributed by atoms with van der Waals surface area (Å²) in [5.74, 6) is -1.04. The number of aliphatic carboxylic acids is 1. The zero-order valence-electron chi connectivity index (χ0n) is 14.9. The van der Waals surface area contributed by atoms with E-state index in [9.17, 15) is 18.0 Å². The molecule has 0 bridgehead atoms. The maximum atomic E-state index is 13.1. The van der Waals surface area contributed by atoms with Gasteiger partial charge < -0.3 is 19.3 Å². The normalized spacial score (nSPS) is 16.9. The Morgan fingerprint density at radius 1 is 1.36 bits per heavy atom. The van der Waals surface area contributed by atoms with E-state index in [0.717, 1.165) is 6.07 Å². The molecule has 1 N–H and O–H groups in total. The lowest BCUT2D eigenvalue weighted by Gasteiger charge is -2.16. The number of halogens is 3. The van der Waals surface area contributed by atoms with Gasteiger partial charge in [0.25, 0.3) is 0 Å². The first-order valence-corrected chi connectivity index (χ1v) is 8.58. The lowest BCUT2D eigenvalue weighted by Crippen LogP contribution is -2.12. The lowest BCUT2D eigenvalue weighted by molar-refractivity contribution is -0.140. The van der Waals surface area contributed by atoms with Gasteiger partial charge in [-0.15, -0.1) is 0 Å². The summed E-state index contributed by atoms with van der Waals surface area (Å²) < 4.78 is 55.6. The molecule has 1 aliphatic heterocycles. The van der Waals surface area contributed by atoms with Crippen LogP contribution in [0.15, 0.2) is 36.5 Å². The van der Waals surface area contributed by atoms with Crippen LogP contribution in [-0.2, 0) is 15.7 Å². The maximum absolute atomic E-state index is 13.1. The van der Waals surface area contributed by atoms with Crippen LogP contribution in [0.4, 0.5) is 13.2 Å². The summed E-state index contributed by atoms with van der Waals surface area (Å²) >= 11 is 0. The number of aromatic nitrogens is 1. The van der Waals surface area contributed by atoms with Gasteiger partial charge in [-0.25, -0.2) is 4.98 Å². The molecular formula is C19H18F3NO5. The maximum Gasteiger partial charge on any atom is 0.419 e. The number of pyridine rings is 1. The fourth-order valence-corrected chi connectivity index (χ4v) is 2.97. The van der Waals surface area contributed by atoms with Gasteiger partial charge in [0.1, 0.15) is 12.4 Å². The summed E-state index contributed by atoms with van der Waals surface area (Å²) in [6.07, 6.45) is -4.66. The van der Waals surface area contributed by atoms with Crippen molar-refractivity contribution < 1.29 is 37.3 Å². The average molecular weight is 397 g/mol. The minimum Gasteiger partial charge on any atom is -0.488 e. The summed E-state index contributed by atoms with van der Waals surface area (Å²) in [6.45, 7) is 2.03. The Bertz CT molecular complexity index is 838. The number of hydrogen-bond donors (Lipinski definition) is 1. The molecule has 6 nitrogen and oxygen atoms in total. The predicted molar refractivity (Wildman–Crippen MR) is 91.2 cm³/mol. The van der Waals surface area contributed by atoms with Crippen molar-refractivity contribution in [3.63, 3.8) is 0 Å². The van der Waals surface area contributed by atoms with Gasteiger partial charge >= 0.3 is 12.1 Å². The summed E-state index contributed by atoms with van der Waals surface area (Å²) in [4.78, 5) is 15.1. The molecule has 2 heterocycles. The number of para-hydroxylation sites is 1. The highest BCUT2D eigenvalue weighted by atomic mass is 19.4. The van der Waals surface area contributed by atoms with Gasteiger partial charge in [0.15, 0.2) is 6.10 Å². The van der Waals surface area contributed by atoms with Crippen molar-refractivity contribution in [2.45, 2.75) is 31.7 Å². The van der Waals surface area contributed by atoms with Crippen molar-refractivity contribution in [1.29, 1.82) is 0 Å². The Labute approximate surface area is 158 Å². The SMILES string of the molecule is CCO[C@@H](CC(=O)O)c1ccc(O[C@@H]2COc3c2cccc3C(F)(F)F)nc1. The average Bonchev–Trinajstić information content (AvgIpc) is 3.04. The fraction of sp³-hybridized carbons (Fsp3) is 0.368. The highest BCUT2D eigenvalue weighted by Gasteiger charge is 2.39. The van der Waals surface area contributed by atoms with E-state index in [1.54, 1.807) is 13.0 Å². The van der Waals surface area contributed by atoms with Gasteiger partial charge in [0.2, 0.25) is 5.88 Å². The summed E-state index contributed by atoms with van der Waals surface area (Å²) in [5, 5.41) is 8.97. The number of rotatable bonds is 7. The quantitative estimate of drug-likeness (QED) is 0.756. The van der Waals surface area contributed by atoms with Crippen molar-refractivity contribution in [2.75, 3.05) is 13.2 Å². The zero-order valence-corrected chi connectivity index (χ0v) is 14.9. The van der Waals surface area contributed by atoms with Crippen molar-refractivity contribution in [3.05, 3.63) is 53.2 Å². The highest BCUT2D eigenvalue weighted by Crippen LogP contribution is 2.44. The third-order valence-electron chi connectivity index (χ3n) is 4.20. The Morgan fingerprint density at radius 2 is 2.14 bits per heavy atom. The minimum absolute atomic E-state index is 0.0631. The van der Waals surface area contributed by atoms with E-state index in [2.05, 4.69) is 4.98 Å². The zero-order chi connectivity index (χ0) is 20.3. The Morgan fingerprint density at radius 3 is 2.75 bits per heavy atom. The van der Waals surface area contributed by atoms with Crippen LogP contribution in [-0.4, -0.2) is 29.3 Å². The van der Waals surface area contributed by atoms with Crippen molar-refractivity contribution in [1.82, 2.24) is 4.98 Å². The van der Waals surface area contributed by atoms with Crippen LogP contribution in [0.3, 0.4) is 0 Å². The predicted octanol–water partition coefficient (Wildman–Crippen LogP) is 4.17. The van der Waals surface area contributed by atoms with Gasteiger partial charge in [-0.3, -0.25) is 4.79 Å². The van der Waals surface area contributed by atoms with Crippen LogP contribution in [0.1, 0.15) is 42.2 Å². The molecule has 0 saturated heterocycles. The second-order valence-electron chi connectivity index (χ2n) is 6.11. The van der Waals surface area contributed by atoms with E-state index in [4.69, 9.17) is 19.3 Å². The molecule has 9 heteroatoms. The third kappa shape index (κ3) is 4.36. The summed E-state index contributed by atoms with van der Waals surface area (Å²) in [5.41, 5.74) is 0.0328. The number of hydrogen-bond acceptors (Lipinski definition) is 5. The molecule has 1 aliphatic rings. The van der Waals surface area contributed by atoms with Crippen LogP contribution >= 0.6 is 0 Å². The van der Waals surface area contributed by atoms with Crippen LogP contribution in [0.2, 0.25) is 0 Å². The monoisotopic (exact) mass is 397 g/mol. The Kier molecular flexibility index (Phi) is 5.73. The van der Waals surface area contributed by atoms with Gasteiger partial charge in [0, 0.05) is 24.4 Å². The van der Waals surface area contributed by atoms with E-state index in [1.807, 2.05) is 0 Å². The highest BCUT2D eigenvalue weighted by molar-refractivity contribution is 5.67. The first kappa shape index (κ1) is 19.9. The molecule has 0 spiro atoms. The van der Waals surface area contributed by atoms with Crippen LogP contribution < -0.4 is 9.47 Å². The molecule has 0 saturated carbocycles. The molecule has 3 rings (SSSR count). The van der Waals surface area contributed by atoms with E-state index in [1.165, 1.54) is 24.4 Å². The molecule has 0 fully saturated rings. The van der Waals surface area contributed by atoms with Crippen molar-refractivity contribution in [2.24, 2.45) is 0 Å². The number of carboxylic acid groups (broad SMARTS) is 1. The lowest BCUT2D eigenvalue weighted by atomic mass is 10.1. The summed E-state index contributed by atoms with van der Waals surface area (Å²) in [6, 6.07) is 6.93. The number of benzene rings is 1. The number of carboxylic acids is 1. The Balaban J connectivity index is 1.75. The number of alkyl halides is 3. The molecule has 0 amide bonds. The molecule has 1 aromatic heterocycles. The fourth-order valence-electron chi connectivity index (χ4n) is 2.97. The van der Waals surface area contributed by atoms with E-state index < -0.39 is 29.9 Å². The minimum atomic E-state index is -4.52. The molecular weight excluding hydrogens is 379 g/mol. The van der Waals surface area contributed by atoms with Gasteiger partial charge in [-0.1, -0.05) is 12.1 Å². The third-order valence-corrected chi connectivity index (χ3v) is 4.20. The van der Waals surface area contributed by atoms with Gasteiger partial charge in [0.05, 0.1) is 18.1 Å². The van der Waals surface area contributed by atoms with Gasteiger partial charge in [-0.2, -0.15) is 13.2 Å². The van der Waals surface area contributed by atoms with Crippen molar-refractivity contribution in [3.8, 4) is 11.6 Å². The topological polar surface area (TPSA) is 77.9 Å². The molecule has 28 heavy (non-hydrogen) atoms. The smallest absolute Gasteiger partial charge is 0.419 e. The van der Waals surface area contributed by atoms with E-state index in [0.29, 0.717) is 17.7 Å². The van der Waals surface area contributed by atoms with Gasteiger partial charge in [-0.05, 0) is 24.6 Å². The second kappa shape index (κ2) is 8.05. The molecule has 2 atom stereocenters. The number of carbonyl (C=O) groups is 1. The van der Waals surface area contributed by atoms with Crippen LogP contribution in [0.25, 0.3) is 0 Å². The first-order chi connectivity index (χ1) is 13.3. The number of ether oxygens (including phenoxy) is 3. The Hall–Kier alpha value is -2.81. The molecule has 0 radical (unpaired) electrons.